The standard InChI is InChI=1S/C17H18F2N2O4/c1-10-13(17(23)24-3)7-12(25-10)8-21(2)9-16(22)20-15-6-11(18)4-5-14(15)19/h4-7H,8-9H2,1-3H3,(H,20,22). The number of nitrogens with one attached hydrogen (secondary N) is 1. The molecule has 8 heteroatoms. The number of amides is 1. The zero-order chi connectivity index (χ0) is 18.6. The van der Waals surface area contributed by atoms with Crippen LogP contribution in [0.4, 0.5) is 14.5 Å². The zero-order valence-corrected chi connectivity index (χ0v) is 14.1. The molecule has 0 atom stereocenters. The second-order valence-corrected chi connectivity index (χ2v) is 5.52. The first-order valence-electron chi connectivity index (χ1n) is 7.41. The van der Waals surface area contributed by atoms with Gasteiger partial charge in [0.1, 0.15) is 28.7 Å². The van der Waals surface area contributed by atoms with E-state index < -0.39 is 23.5 Å². The Labute approximate surface area is 143 Å². The molecule has 0 fully saturated rings. The van der Waals surface area contributed by atoms with Gasteiger partial charge in [-0.05, 0) is 32.2 Å². The van der Waals surface area contributed by atoms with Crippen molar-refractivity contribution < 1.29 is 27.5 Å². The third-order valence-corrected chi connectivity index (χ3v) is 3.42. The molecule has 0 saturated heterocycles. The lowest BCUT2D eigenvalue weighted by atomic mass is 10.2. The number of aryl methyl sites for hydroxylation is 1. The molecule has 25 heavy (non-hydrogen) atoms. The van der Waals surface area contributed by atoms with E-state index in [1.54, 1.807) is 24.9 Å². The third kappa shape index (κ3) is 4.87. The number of furan rings is 1. The minimum Gasteiger partial charge on any atom is -0.465 e. The summed E-state index contributed by atoms with van der Waals surface area (Å²) < 4.78 is 36.7. The summed E-state index contributed by atoms with van der Waals surface area (Å²) in [5.74, 6) is -1.49. The van der Waals surface area contributed by atoms with Crippen molar-refractivity contribution in [3.63, 3.8) is 0 Å². The third-order valence-electron chi connectivity index (χ3n) is 3.42. The molecule has 1 heterocycles. The smallest absolute Gasteiger partial charge is 0.341 e. The molecule has 0 radical (unpaired) electrons. The van der Waals surface area contributed by atoms with Gasteiger partial charge in [-0.25, -0.2) is 13.6 Å². The molecular weight excluding hydrogens is 334 g/mol. The number of hydrogen-bond acceptors (Lipinski definition) is 5. The maximum atomic E-state index is 13.5. The van der Waals surface area contributed by atoms with Gasteiger partial charge in [0.15, 0.2) is 0 Å². The normalized spacial score (nSPS) is 10.8. The van der Waals surface area contributed by atoms with Gasteiger partial charge in [-0.15, -0.1) is 0 Å². The molecule has 0 saturated carbocycles. The van der Waals surface area contributed by atoms with Gasteiger partial charge in [0.2, 0.25) is 5.91 Å². The highest BCUT2D eigenvalue weighted by atomic mass is 19.1. The lowest BCUT2D eigenvalue weighted by molar-refractivity contribution is -0.117. The molecule has 6 nitrogen and oxygen atoms in total. The molecule has 1 aromatic heterocycles. The summed E-state index contributed by atoms with van der Waals surface area (Å²) in [4.78, 5) is 25.1. The second kappa shape index (κ2) is 7.89. The summed E-state index contributed by atoms with van der Waals surface area (Å²) >= 11 is 0. The van der Waals surface area contributed by atoms with Crippen molar-refractivity contribution in [3.05, 3.63) is 53.0 Å². The molecule has 0 aliphatic rings. The number of benzene rings is 1. The molecule has 1 amide bonds. The number of carbonyl (C=O) groups is 2. The van der Waals surface area contributed by atoms with Crippen LogP contribution < -0.4 is 5.32 Å². The molecule has 1 aromatic carbocycles. The number of esters is 1. The molecular formula is C17H18F2N2O4. The van der Waals surface area contributed by atoms with Gasteiger partial charge < -0.3 is 14.5 Å². The van der Waals surface area contributed by atoms with E-state index in [-0.39, 0.29) is 18.8 Å². The topological polar surface area (TPSA) is 71.8 Å². The van der Waals surface area contributed by atoms with Crippen LogP contribution in [0.25, 0.3) is 0 Å². The number of methoxy groups -OCH3 is 1. The first-order valence-corrected chi connectivity index (χ1v) is 7.41. The largest absolute Gasteiger partial charge is 0.465 e. The Morgan fingerprint density at radius 2 is 2.00 bits per heavy atom. The van der Waals surface area contributed by atoms with Crippen molar-refractivity contribution in [1.29, 1.82) is 0 Å². The molecule has 2 rings (SSSR count). The number of anilines is 1. The number of carbonyl (C=O) groups excluding carboxylic acids is 2. The van der Waals surface area contributed by atoms with E-state index in [2.05, 4.69) is 10.1 Å². The van der Waals surface area contributed by atoms with Crippen molar-refractivity contribution in [2.45, 2.75) is 13.5 Å². The van der Waals surface area contributed by atoms with E-state index in [4.69, 9.17) is 4.42 Å². The Balaban J connectivity index is 1.95. The molecule has 0 unspecified atom stereocenters. The summed E-state index contributed by atoms with van der Waals surface area (Å²) in [6.45, 7) is 1.80. The Kier molecular flexibility index (Phi) is 5.87. The Morgan fingerprint density at radius 3 is 2.68 bits per heavy atom. The van der Waals surface area contributed by atoms with Gasteiger partial charge in [-0.2, -0.15) is 0 Å². The first-order chi connectivity index (χ1) is 11.8. The van der Waals surface area contributed by atoms with E-state index >= 15 is 0 Å². The van der Waals surface area contributed by atoms with Crippen LogP contribution in [-0.4, -0.2) is 37.5 Å². The summed E-state index contributed by atoms with van der Waals surface area (Å²) in [6, 6.07) is 4.36. The predicted molar refractivity (Wildman–Crippen MR) is 86.1 cm³/mol. The highest BCUT2D eigenvalue weighted by Crippen LogP contribution is 2.18. The van der Waals surface area contributed by atoms with E-state index in [0.29, 0.717) is 17.1 Å². The summed E-state index contributed by atoms with van der Waals surface area (Å²) in [6.07, 6.45) is 0. The fourth-order valence-corrected chi connectivity index (χ4v) is 2.28. The van der Waals surface area contributed by atoms with Crippen LogP contribution in [0.2, 0.25) is 0 Å². The van der Waals surface area contributed by atoms with Crippen LogP contribution in [0.3, 0.4) is 0 Å². The number of likely N-dealkylation sites (N-methyl/N-ethyl adjacent to an activating group) is 1. The Morgan fingerprint density at radius 1 is 1.28 bits per heavy atom. The van der Waals surface area contributed by atoms with Crippen LogP contribution >= 0.6 is 0 Å². The molecule has 0 spiro atoms. The molecule has 2 aromatic rings. The molecule has 0 aliphatic carbocycles. The maximum absolute atomic E-state index is 13.5. The van der Waals surface area contributed by atoms with Gasteiger partial charge in [-0.1, -0.05) is 0 Å². The van der Waals surface area contributed by atoms with Gasteiger partial charge in [-0.3, -0.25) is 9.69 Å². The van der Waals surface area contributed by atoms with Crippen molar-refractivity contribution in [3.8, 4) is 0 Å². The van der Waals surface area contributed by atoms with Gasteiger partial charge >= 0.3 is 5.97 Å². The first kappa shape index (κ1) is 18.6. The van der Waals surface area contributed by atoms with E-state index in [1.165, 1.54) is 7.11 Å². The van der Waals surface area contributed by atoms with E-state index in [1.807, 2.05) is 0 Å². The minimum absolute atomic E-state index is 0.0801. The number of nitrogens with zero attached hydrogens (tertiary/aromatic N) is 1. The summed E-state index contributed by atoms with van der Waals surface area (Å²) in [5, 5.41) is 2.31. The molecule has 0 bridgehead atoms. The van der Waals surface area contributed by atoms with Crippen LogP contribution in [0.15, 0.2) is 28.7 Å². The quantitative estimate of drug-likeness (QED) is 0.810. The fraction of sp³-hybridized carbons (Fsp3) is 0.294. The fourth-order valence-electron chi connectivity index (χ4n) is 2.28. The lowest BCUT2D eigenvalue weighted by Gasteiger charge is -2.15. The molecule has 0 aliphatic heterocycles. The SMILES string of the molecule is COC(=O)c1cc(CN(C)CC(=O)Nc2cc(F)ccc2F)oc1C. The predicted octanol–water partition coefficient (Wildman–Crippen LogP) is 2.72. The highest BCUT2D eigenvalue weighted by molar-refractivity contribution is 5.92. The maximum Gasteiger partial charge on any atom is 0.341 e. The van der Waals surface area contributed by atoms with Crippen LogP contribution in [0.1, 0.15) is 21.9 Å². The van der Waals surface area contributed by atoms with Crippen molar-refractivity contribution in [1.82, 2.24) is 4.90 Å². The number of ether oxygens (including phenoxy) is 1. The minimum atomic E-state index is -0.721. The number of halogens is 2. The summed E-state index contributed by atoms with van der Waals surface area (Å²) in [7, 11) is 2.92. The summed E-state index contributed by atoms with van der Waals surface area (Å²) in [5.41, 5.74) is 0.0948. The van der Waals surface area contributed by atoms with Gasteiger partial charge in [0, 0.05) is 6.07 Å². The van der Waals surface area contributed by atoms with Crippen molar-refractivity contribution in [2.24, 2.45) is 0 Å². The average Bonchev–Trinajstić information content (AvgIpc) is 2.90. The van der Waals surface area contributed by atoms with Gasteiger partial charge in [0.05, 0.1) is 25.9 Å². The van der Waals surface area contributed by atoms with Crippen LogP contribution in [0, 0.1) is 18.6 Å². The van der Waals surface area contributed by atoms with E-state index in [9.17, 15) is 18.4 Å². The lowest BCUT2D eigenvalue weighted by Crippen LogP contribution is -2.30. The van der Waals surface area contributed by atoms with Crippen LogP contribution in [0.5, 0.6) is 0 Å². The van der Waals surface area contributed by atoms with Gasteiger partial charge in [0.25, 0.3) is 0 Å². The Bertz CT molecular complexity index is 789. The average molecular weight is 352 g/mol. The highest BCUT2D eigenvalue weighted by Gasteiger charge is 2.17. The van der Waals surface area contributed by atoms with E-state index in [0.717, 1.165) is 18.2 Å². The number of hydrogen-bond donors (Lipinski definition) is 1. The van der Waals surface area contributed by atoms with Crippen molar-refractivity contribution >= 4 is 17.6 Å². The monoisotopic (exact) mass is 352 g/mol. The number of rotatable bonds is 6. The van der Waals surface area contributed by atoms with Crippen molar-refractivity contribution in [2.75, 3.05) is 26.0 Å². The zero-order valence-electron chi connectivity index (χ0n) is 14.1. The molecule has 134 valence electrons. The molecule has 1 N–H and O–H groups in total. The Hall–Kier alpha value is -2.74. The second-order valence-electron chi connectivity index (χ2n) is 5.52. The van der Waals surface area contributed by atoms with Crippen LogP contribution in [-0.2, 0) is 16.1 Å².